The van der Waals surface area contributed by atoms with Crippen molar-refractivity contribution in [3.63, 3.8) is 0 Å². The first-order chi connectivity index (χ1) is 11.6. The summed E-state index contributed by atoms with van der Waals surface area (Å²) >= 11 is 0. The van der Waals surface area contributed by atoms with Crippen molar-refractivity contribution in [1.29, 1.82) is 0 Å². The number of benzene rings is 1. The molecule has 1 aromatic rings. The predicted molar refractivity (Wildman–Crippen MR) is 89.1 cm³/mol. The molecule has 140 valence electrons. The van der Waals surface area contributed by atoms with Crippen LogP contribution < -0.4 is 15.8 Å². The normalized spacial score (nSPS) is 24.0. The van der Waals surface area contributed by atoms with E-state index in [1.165, 1.54) is 0 Å². The largest absolute Gasteiger partial charge is 0.484 e. The summed E-state index contributed by atoms with van der Waals surface area (Å²) in [6.45, 7) is 2.39. The van der Waals surface area contributed by atoms with E-state index in [0.717, 1.165) is 31.2 Å². The summed E-state index contributed by atoms with van der Waals surface area (Å²) in [7, 11) is 0. The Hall–Kier alpha value is -1.76. The third kappa shape index (κ3) is 5.63. The lowest BCUT2D eigenvalue weighted by Gasteiger charge is -2.37. The Labute approximate surface area is 145 Å². The molecule has 1 fully saturated rings. The minimum Gasteiger partial charge on any atom is -0.484 e. The Morgan fingerprint density at radius 3 is 2.76 bits per heavy atom. The molecule has 0 aromatic heterocycles. The molecule has 2 unspecified atom stereocenters. The number of carbonyl (C=O) groups excluding carboxylic acids is 1. The van der Waals surface area contributed by atoms with Crippen LogP contribution in [0.4, 0.5) is 13.2 Å². The molecule has 1 amide bonds. The van der Waals surface area contributed by atoms with Crippen LogP contribution in [0, 0.1) is 12.8 Å². The molecule has 1 aliphatic rings. The predicted octanol–water partition coefficient (Wildman–Crippen LogP) is 3.46. The second-order valence-electron chi connectivity index (χ2n) is 7.04. The molecule has 3 N–H and O–H groups in total. The first-order valence-electron chi connectivity index (χ1n) is 8.44. The Bertz CT molecular complexity index is 615. The van der Waals surface area contributed by atoms with E-state index in [9.17, 15) is 18.0 Å². The van der Waals surface area contributed by atoms with Crippen molar-refractivity contribution in [2.45, 2.75) is 57.8 Å². The molecular weight excluding hydrogens is 333 g/mol. The van der Waals surface area contributed by atoms with Crippen LogP contribution in [0.5, 0.6) is 5.75 Å². The number of carbonyl (C=O) groups is 1. The van der Waals surface area contributed by atoms with E-state index in [-0.39, 0.29) is 24.1 Å². The van der Waals surface area contributed by atoms with E-state index < -0.39 is 18.3 Å². The monoisotopic (exact) mass is 358 g/mol. The second kappa shape index (κ2) is 7.64. The smallest absolute Gasteiger partial charge is 0.422 e. The SMILES string of the molecule is Cc1ccc(CNC(=O)C2CCCCC2(C)N)c(OCC(F)(F)F)c1. The van der Waals surface area contributed by atoms with Crippen LogP contribution in [0.1, 0.15) is 43.7 Å². The Kier molecular flexibility index (Phi) is 5.98. The second-order valence-corrected chi connectivity index (χ2v) is 7.04. The van der Waals surface area contributed by atoms with Crippen molar-refractivity contribution < 1.29 is 22.7 Å². The van der Waals surface area contributed by atoms with Crippen LogP contribution in [0.2, 0.25) is 0 Å². The summed E-state index contributed by atoms with van der Waals surface area (Å²) in [5, 5.41) is 2.80. The molecule has 0 radical (unpaired) electrons. The Morgan fingerprint density at radius 1 is 1.40 bits per heavy atom. The zero-order valence-electron chi connectivity index (χ0n) is 14.6. The maximum Gasteiger partial charge on any atom is 0.422 e. The summed E-state index contributed by atoms with van der Waals surface area (Å²) in [5.41, 5.74) is 6.97. The highest BCUT2D eigenvalue weighted by atomic mass is 19.4. The Morgan fingerprint density at radius 2 is 2.12 bits per heavy atom. The lowest BCUT2D eigenvalue weighted by Crippen LogP contribution is -2.52. The first-order valence-corrected chi connectivity index (χ1v) is 8.44. The van der Waals surface area contributed by atoms with E-state index in [2.05, 4.69) is 5.32 Å². The molecule has 25 heavy (non-hydrogen) atoms. The third-order valence-corrected chi connectivity index (χ3v) is 4.64. The first kappa shape index (κ1) is 19.6. The van der Waals surface area contributed by atoms with Crippen molar-refractivity contribution >= 4 is 5.91 Å². The summed E-state index contributed by atoms with van der Waals surface area (Å²) in [6.07, 6.45) is -0.938. The maximum absolute atomic E-state index is 12.5. The van der Waals surface area contributed by atoms with E-state index in [0.29, 0.717) is 5.56 Å². The van der Waals surface area contributed by atoms with E-state index in [1.54, 1.807) is 25.1 Å². The molecule has 7 heteroatoms. The van der Waals surface area contributed by atoms with E-state index >= 15 is 0 Å². The number of nitrogens with one attached hydrogen (secondary N) is 1. The van der Waals surface area contributed by atoms with Gasteiger partial charge in [0.05, 0.1) is 5.92 Å². The van der Waals surface area contributed by atoms with Gasteiger partial charge in [-0.25, -0.2) is 0 Å². The fourth-order valence-corrected chi connectivity index (χ4v) is 3.20. The van der Waals surface area contributed by atoms with Crippen molar-refractivity contribution in [3.05, 3.63) is 29.3 Å². The number of nitrogens with two attached hydrogens (primary N) is 1. The van der Waals surface area contributed by atoms with Crippen molar-refractivity contribution in [3.8, 4) is 5.75 Å². The number of hydrogen-bond acceptors (Lipinski definition) is 3. The van der Waals surface area contributed by atoms with Gasteiger partial charge in [-0.1, -0.05) is 25.0 Å². The van der Waals surface area contributed by atoms with Gasteiger partial charge in [0.2, 0.25) is 5.91 Å². The molecule has 1 saturated carbocycles. The number of aryl methyl sites for hydroxylation is 1. The summed E-state index contributed by atoms with van der Waals surface area (Å²) in [5.74, 6) is -0.310. The summed E-state index contributed by atoms with van der Waals surface area (Å²) in [6, 6.07) is 4.99. The van der Waals surface area contributed by atoms with Crippen molar-refractivity contribution in [1.82, 2.24) is 5.32 Å². The fourth-order valence-electron chi connectivity index (χ4n) is 3.20. The Balaban J connectivity index is 2.03. The molecule has 4 nitrogen and oxygen atoms in total. The van der Waals surface area contributed by atoms with Gasteiger partial charge in [-0.3, -0.25) is 4.79 Å². The number of ether oxygens (including phenoxy) is 1. The van der Waals surface area contributed by atoms with Gasteiger partial charge in [-0.05, 0) is 38.3 Å². The molecule has 1 aliphatic carbocycles. The average Bonchev–Trinajstić information content (AvgIpc) is 2.50. The minimum atomic E-state index is -4.41. The van der Waals surface area contributed by atoms with Crippen LogP contribution in [-0.2, 0) is 11.3 Å². The van der Waals surface area contributed by atoms with Crippen molar-refractivity contribution in [2.24, 2.45) is 11.7 Å². The number of halogens is 3. The topological polar surface area (TPSA) is 64.4 Å². The lowest BCUT2D eigenvalue weighted by molar-refractivity contribution is -0.153. The minimum absolute atomic E-state index is 0.110. The van der Waals surface area contributed by atoms with Crippen LogP contribution >= 0.6 is 0 Å². The lowest BCUT2D eigenvalue weighted by atomic mass is 9.74. The van der Waals surface area contributed by atoms with E-state index in [4.69, 9.17) is 10.5 Å². The van der Waals surface area contributed by atoms with Gasteiger partial charge in [0.1, 0.15) is 5.75 Å². The standard InChI is InChI=1S/C18H25F3N2O2/c1-12-6-7-13(15(9-12)25-11-18(19,20)21)10-23-16(24)14-5-3-4-8-17(14,2)22/h6-7,9,14H,3-5,8,10-11,22H2,1-2H3,(H,23,24). The number of rotatable bonds is 5. The molecular formula is C18H25F3N2O2. The molecule has 0 saturated heterocycles. The van der Waals surface area contributed by atoms with Gasteiger partial charge in [0, 0.05) is 17.6 Å². The molecule has 1 aromatic carbocycles. The van der Waals surface area contributed by atoms with Crippen LogP contribution in [-0.4, -0.2) is 24.2 Å². The zero-order chi connectivity index (χ0) is 18.7. The number of hydrogen-bond donors (Lipinski definition) is 2. The molecule has 0 spiro atoms. The molecule has 2 atom stereocenters. The highest BCUT2D eigenvalue weighted by Gasteiger charge is 2.37. The molecule has 0 bridgehead atoms. The quantitative estimate of drug-likeness (QED) is 0.847. The van der Waals surface area contributed by atoms with Crippen LogP contribution in [0.25, 0.3) is 0 Å². The molecule has 2 rings (SSSR count). The molecule has 0 aliphatic heterocycles. The van der Waals surface area contributed by atoms with Gasteiger partial charge < -0.3 is 15.8 Å². The van der Waals surface area contributed by atoms with Gasteiger partial charge in [0.15, 0.2) is 6.61 Å². The number of alkyl halides is 3. The average molecular weight is 358 g/mol. The molecule has 0 heterocycles. The fraction of sp³-hybridized carbons (Fsp3) is 0.611. The highest BCUT2D eigenvalue weighted by Crippen LogP contribution is 2.32. The maximum atomic E-state index is 12.5. The van der Waals surface area contributed by atoms with Crippen LogP contribution in [0.15, 0.2) is 18.2 Å². The highest BCUT2D eigenvalue weighted by molar-refractivity contribution is 5.80. The number of amides is 1. The van der Waals surface area contributed by atoms with Gasteiger partial charge in [0.25, 0.3) is 0 Å². The van der Waals surface area contributed by atoms with Crippen molar-refractivity contribution in [2.75, 3.05) is 6.61 Å². The third-order valence-electron chi connectivity index (χ3n) is 4.64. The van der Waals surface area contributed by atoms with Gasteiger partial charge >= 0.3 is 6.18 Å². The zero-order valence-corrected chi connectivity index (χ0v) is 14.6. The van der Waals surface area contributed by atoms with Gasteiger partial charge in [-0.15, -0.1) is 0 Å². The van der Waals surface area contributed by atoms with Crippen LogP contribution in [0.3, 0.4) is 0 Å². The summed E-state index contributed by atoms with van der Waals surface area (Å²) < 4.78 is 42.1. The summed E-state index contributed by atoms with van der Waals surface area (Å²) in [4.78, 5) is 12.5. The van der Waals surface area contributed by atoms with Gasteiger partial charge in [-0.2, -0.15) is 13.2 Å². The van der Waals surface area contributed by atoms with E-state index in [1.807, 2.05) is 6.92 Å².